The minimum atomic E-state index is -1.75. The standard InChI is InChI=1S/C18H13F4NO4/c19-11-3-1-10(2-4-11)14(24)7-8-16(26)27-9-15(25)23-13-6-5-12(20)17(21)18(13)22/h1-6H,7-9H2,(H,23,25). The van der Waals surface area contributed by atoms with Crippen molar-refractivity contribution in [3.63, 3.8) is 0 Å². The maximum Gasteiger partial charge on any atom is 0.306 e. The van der Waals surface area contributed by atoms with E-state index in [1.165, 1.54) is 12.1 Å². The Morgan fingerprint density at radius 1 is 0.852 bits per heavy atom. The Labute approximate surface area is 150 Å². The van der Waals surface area contributed by atoms with Crippen molar-refractivity contribution in [1.29, 1.82) is 0 Å². The number of anilines is 1. The van der Waals surface area contributed by atoms with Crippen LogP contribution < -0.4 is 5.32 Å². The van der Waals surface area contributed by atoms with Crippen LogP contribution in [0, 0.1) is 23.3 Å². The van der Waals surface area contributed by atoms with Crippen LogP contribution >= 0.6 is 0 Å². The van der Waals surface area contributed by atoms with E-state index in [1.54, 1.807) is 0 Å². The minimum absolute atomic E-state index is 0.218. The molecule has 0 saturated heterocycles. The number of carbonyl (C=O) groups excluding carboxylic acids is 3. The number of carbonyl (C=O) groups is 3. The molecule has 27 heavy (non-hydrogen) atoms. The van der Waals surface area contributed by atoms with Crippen LogP contribution in [-0.2, 0) is 14.3 Å². The van der Waals surface area contributed by atoms with Crippen LogP contribution in [0.15, 0.2) is 36.4 Å². The Balaban J connectivity index is 1.78. The lowest BCUT2D eigenvalue weighted by molar-refractivity contribution is -0.147. The zero-order valence-corrected chi connectivity index (χ0v) is 13.7. The minimum Gasteiger partial charge on any atom is -0.456 e. The summed E-state index contributed by atoms with van der Waals surface area (Å²) >= 11 is 0. The van der Waals surface area contributed by atoms with E-state index in [2.05, 4.69) is 4.74 Å². The highest BCUT2D eigenvalue weighted by Crippen LogP contribution is 2.19. The van der Waals surface area contributed by atoms with E-state index in [0.29, 0.717) is 6.07 Å². The zero-order chi connectivity index (χ0) is 20.0. The quantitative estimate of drug-likeness (QED) is 0.344. The van der Waals surface area contributed by atoms with E-state index < -0.39 is 53.2 Å². The molecule has 1 N–H and O–H groups in total. The first-order valence-electron chi connectivity index (χ1n) is 7.65. The number of ether oxygens (including phenoxy) is 1. The largest absolute Gasteiger partial charge is 0.456 e. The highest BCUT2D eigenvalue weighted by Gasteiger charge is 2.16. The van der Waals surface area contributed by atoms with Gasteiger partial charge in [0, 0.05) is 12.0 Å². The third-order valence-electron chi connectivity index (χ3n) is 3.40. The van der Waals surface area contributed by atoms with Crippen LogP contribution in [-0.4, -0.2) is 24.3 Å². The molecule has 0 fully saturated rings. The Hall–Kier alpha value is -3.23. The summed E-state index contributed by atoms with van der Waals surface area (Å²) in [6.07, 6.45) is -0.549. The zero-order valence-electron chi connectivity index (χ0n) is 13.7. The first-order valence-corrected chi connectivity index (χ1v) is 7.65. The van der Waals surface area contributed by atoms with Crippen molar-refractivity contribution >= 4 is 23.3 Å². The molecule has 0 spiro atoms. The van der Waals surface area contributed by atoms with Crippen molar-refractivity contribution in [3.05, 3.63) is 65.2 Å². The summed E-state index contributed by atoms with van der Waals surface area (Å²) < 4.78 is 56.7. The van der Waals surface area contributed by atoms with Gasteiger partial charge in [0.2, 0.25) is 0 Å². The van der Waals surface area contributed by atoms with Crippen molar-refractivity contribution in [2.24, 2.45) is 0 Å². The molecule has 0 bridgehead atoms. The fourth-order valence-corrected chi connectivity index (χ4v) is 2.02. The lowest BCUT2D eigenvalue weighted by atomic mass is 10.1. The SMILES string of the molecule is O=C(COC(=O)CCC(=O)c1ccc(F)cc1)Nc1ccc(F)c(F)c1F. The first kappa shape index (κ1) is 20.1. The van der Waals surface area contributed by atoms with Gasteiger partial charge in [0.15, 0.2) is 29.8 Å². The molecule has 0 saturated carbocycles. The van der Waals surface area contributed by atoms with Gasteiger partial charge in [-0.3, -0.25) is 14.4 Å². The predicted molar refractivity (Wildman–Crippen MR) is 85.9 cm³/mol. The van der Waals surface area contributed by atoms with Crippen LogP contribution in [0.4, 0.5) is 23.2 Å². The van der Waals surface area contributed by atoms with E-state index in [4.69, 9.17) is 0 Å². The van der Waals surface area contributed by atoms with Crippen LogP contribution in [0.3, 0.4) is 0 Å². The Morgan fingerprint density at radius 3 is 2.19 bits per heavy atom. The average Bonchev–Trinajstić information content (AvgIpc) is 2.65. The van der Waals surface area contributed by atoms with Crippen molar-refractivity contribution in [3.8, 4) is 0 Å². The molecule has 0 heterocycles. The summed E-state index contributed by atoms with van der Waals surface area (Å²) in [5.74, 6) is -7.51. The molecule has 5 nitrogen and oxygen atoms in total. The van der Waals surface area contributed by atoms with Crippen molar-refractivity contribution in [2.75, 3.05) is 11.9 Å². The molecule has 2 aromatic rings. The van der Waals surface area contributed by atoms with Gasteiger partial charge in [0.05, 0.1) is 12.1 Å². The van der Waals surface area contributed by atoms with Gasteiger partial charge < -0.3 is 10.1 Å². The van der Waals surface area contributed by atoms with Crippen LogP contribution in [0.1, 0.15) is 23.2 Å². The molecule has 0 aliphatic rings. The number of rotatable bonds is 7. The van der Waals surface area contributed by atoms with Crippen LogP contribution in [0.25, 0.3) is 0 Å². The lowest BCUT2D eigenvalue weighted by Crippen LogP contribution is -2.22. The van der Waals surface area contributed by atoms with Crippen LogP contribution in [0.5, 0.6) is 0 Å². The summed E-state index contributed by atoms with van der Waals surface area (Å²) in [7, 11) is 0. The Morgan fingerprint density at radius 2 is 1.52 bits per heavy atom. The third kappa shape index (κ3) is 5.63. The summed E-state index contributed by atoms with van der Waals surface area (Å²) in [6, 6.07) is 6.19. The highest BCUT2D eigenvalue weighted by atomic mass is 19.2. The number of hydrogen-bond acceptors (Lipinski definition) is 4. The van der Waals surface area contributed by atoms with Crippen LogP contribution in [0.2, 0.25) is 0 Å². The second-order valence-corrected chi connectivity index (χ2v) is 5.36. The molecular weight excluding hydrogens is 370 g/mol. The smallest absolute Gasteiger partial charge is 0.306 e. The average molecular weight is 383 g/mol. The van der Waals surface area contributed by atoms with Gasteiger partial charge in [-0.1, -0.05) is 0 Å². The topological polar surface area (TPSA) is 72.5 Å². The number of halogens is 4. The summed E-state index contributed by atoms with van der Waals surface area (Å²) in [6.45, 7) is -0.804. The summed E-state index contributed by atoms with van der Waals surface area (Å²) in [4.78, 5) is 35.0. The maximum absolute atomic E-state index is 13.4. The second-order valence-electron chi connectivity index (χ2n) is 5.36. The molecule has 0 aliphatic heterocycles. The molecule has 1 amide bonds. The van der Waals surface area contributed by atoms with Crippen molar-refractivity contribution in [2.45, 2.75) is 12.8 Å². The number of Topliss-reactive ketones (excluding diaryl/α,β-unsaturated/α-hetero) is 1. The monoisotopic (exact) mass is 383 g/mol. The number of benzene rings is 2. The molecule has 0 aromatic heterocycles. The normalized spacial score (nSPS) is 10.4. The fourth-order valence-electron chi connectivity index (χ4n) is 2.02. The molecule has 0 unspecified atom stereocenters. The van der Waals surface area contributed by atoms with Crippen molar-refractivity contribution in [1.82, 2.24) is 0 Å². The second kappa shape index (κ2) is 8.93. The van der Waals surface area contributed by atoms with E-state index in [0.717, 1.165) is 18.2 Å². The molecule has 2 rings (SSSR count). The number of nitrogens with one attached hydrogen (secondary N) is 1. The third-order valence-corrected chi connectivity index (χ3v) is 3.40. The van der Waals surface area contributed by atoms with Gasteiger partial charge in [-0.2, -0.15) is 0 Å². The Kier molecular flexibility index (Phi) is 6.64. The number of ketones is 1. The van der Waals surface area contributed by atoms with Crippen molar-refractivity contribution < 1.29 is 36.7 Å². The van der Waals surface area contributed by atoms with Gasteiger partial charge in [0.1, 0.15) is 5.82 Å². The highest BCUT2D eigenvalue weighted by molar-refractivity contribution is 5.98. The van der Waals surface area contributed by atoms with Gasteiger partial charge in [-0.05, 0) is 36.4 Å². The lowest BCUT2D eigenvalue weighted by Gasteiger charge is -2.08. The van der Waals surface area contributed by atoms with Gasteiger partial charge >= 0.3 is 5.97 Å². The van der Waals surface area contributed by atoms with Gasteiger partial charge in [0.25, 0.3) is 5.91 Å². The van der Waals surface area contributed by atoms with Gasteiger partial charge in [-0.15, -0.1) is 0 Å². The van der Waals surface area contributed by atoms with E-state index in [1.807, 2.05) is 5.32 Å². The van der Waals surface area contributed by atoms with E-state index in [9.17, 15) is 31.9 Å². The molecule has 9 heteroatoms. The van der Waals surface area contributed by atoms with E-state index >= 15 is 0 Å². The first-order chi connectivity index (χ1) is 12.8. The summed E-state index contributed by atoms with van der Waals surface area (Å²) in [5.41, 5.74) is -0.391. The molecule has 2 aromatic carbocycles. The molecule has 0 radical (unpaired) electrons. The molecule has 142 valence electrons. The number of hydrogen-bond donors (Lipinski definition) is 1. The van der Waals surface area contributed by atoms with E-state index in [-0.39, 0.29) is 18.4 Å². The molecule has 0 aliphatic carbocycles. The maximum atomic E-state index is 13.4. The summed E-state index contributed by atoms with van der Waals surface area (Å²) in [5, 5.41) is 1.93. The Bertz CT molecular complexity index is 868. The van der Waals surface area contributed by atoms with Gasteiger partial charge in [-0.25, -0.2) is 17.6 Å². The fraction of sp³-hybridized carbons (Fsp3) is 0.167. The number of esters is 1. The number of amides is 1. The molecular formula is C18H13F4NO4. The predicted octanol–water partition coefficient (Wildman–Crippen LogP) is 3.39. The molecule has 0 atom stereocenters.